The molecule has 0 bridgehead atoms. The number of rotatable bonds is 1. The number of amides is 1. The lowest BCUT2D eigenvalue weighted by atomic mass is 10.1. The molecule has 0 saturated carbocycles. The Balaban J connectivity index is 0.000000771. The van der Waals surface area contributed by atoms with Gasteiger partial charge in [-0.3, -0.25) is 9.59 Å². The molecule has 18 heavy (non-hydrogen) atoms. The van der Waals surface area contributed by atoms with Gasteiger partial charge in [0, 0.05) is 36.0 Å². The molecular formula is C14H16BrNO2. The zero-order valence-corrected chi connectivity index (χ0v) is 11.8. The van der Waals surface area contributed by atoms with Gasteiger partial charge in [0.25, 0.3) is 5.91 Å². The number of carbonyl (C=O) groups is 2. The third-order valence-electron chi connectivity index (χ3n) is 2.70. The van der Waals surface area contributed by atoms with Gasteiger partial charge in [-0.25, -0.2) is 0 Å². The summed E-state index contributed by atoms with van der Waals surface area (Å²) in [6.45, 7) is 7.10. The average Bonchev–Trinajstić information content (AvgIpc) is 2.42. The number of piperidine rings is 1. The average molecular weight is 310 g/mol. The lowest BCUT2D eigenvalue weighted by Gasteiger charge is -2.26. The third kappa shape index (κ3) is 3.81. The Labute approximate surface area is 116 Å². The van der Waals surface area contributed by atoms with Crippen molar-refractivity contribution >= 4 is 27.6 Å². The van der Waals surface area contributed by atoms with Gasteiger partial charge in [0.1, 0.15) is 5.78 Å². The van der Waals surface area contributed by atoms with Crippen molar-refractivity contribution in [3.05, 3.63) is 47.5 Å². The Bertz CT molecular complexity index is 418. The predicted octanol–water partition coefficient (Wildman–Crippen LogP) is 3.06. The van der Waals surface area contributed by atoms with E-state index in [1.165, 1.54) is 0 Å². The predicted molar refractivity (Wildman–Crippen MR) is 75.5 cm³/mol. The largest absolute Gasteiger partial charge is 0.338 e. The van der Waals surface area contributed by atoms with Gasteiger partial charge in [-0.1, -0.05) is 15.9 Å². The Kier molecular flexibility index (Phi) is 5.78. The second-order valence-corrected chi connectivity index (χ2v) is 4.75. The quantitative estimate of drug-likeness (QED) is 0.748. The fourth-order valence-corrected chi connectivity index (χ4v) is 2.00. The van der Waals surface area contributed by atoms with Crippen LogP contribution < -0.4 is 0 Å². The van der Waals surface area contributed by atoms with Gasteiger partial charge in [0.05, 0.1) is 0 Å². The second-order valence-electron chi connectivity index (χ2n) is 3.84. The van der Waals surface area contributed by atoms with E-state index in [9.17, 15) is 9.59 Å². The first-order chi connectivity index (χ1) is 8.66. The van der Waals surface area contributed by atoms with Crippen LogP contribution in [0.2, 0.25) is 0 Å². The first kappa shape index (κ1) is 14.6. The van der Waals surface area contributed by atoms with Crippen LogP contribution in [0.25, 0.3) is 0 Å². The number of carbonyl (C=O) groups excluding carboxylic acids is 2. The Hall–Kier alpha value is -1.42. The third-order valence-corrected chi connectivity index (χ3v) is 3.23. The fraction of sp³-hybridized carbons (Fsp3) is 0.286. The van der Waals surface area contributed by atoms with Crippen LogP contribution in [0.5, 0.6) is 0 Å². The molecule has 1 amide bonds. The van der Waals surface area contributed by atoms with Gasteiger partial charge < -0.3 is 4.90 Å². The lowest BCUT2D eigenvalue weighted by Crippen LogP contribution is -2.38. The van der Waals surface area contributed by atoms with Crippen molar-refractivity contribution in [2.45, 2.75) is 12.8 Å². The molecule has 2 rings (SSSR count). The maximum absolute atomic E-state index is 12.0. The van der Waals surface area contributed by atoms with E-state index in [0.29, 0.717) is 31.5 Å². The van der Waals surface area contributed by atoms with Crippen LogP contribution in [0.3, 0.4) is 0 Å². The van der Waals surface area contributed by atoms with E-state index in [2.05, 4.69) is 29.1 Å². The summed E-state index contributed by atoms with van der Waals surface area (Å²) in [4.78, 5) is 24.8. The zero-order valence-electron chi connectivity index (χ0n) is 10.2. The van der Waals surface area contributed by atoms with Crippen molar-refractivity contribution in [3.63, 3.8) is 0 Å². The van der Waals surface area contributed by atoms with E-state index < -0.39 is 0 Å². The van der Waals surface area contributed by atoms with Crippen LogP contribution in [-0.4, -0.2) is 29.7 Å². The van der Waals surface area contributed by atoms with Crippen molar-refractivity contribution in [3.8, 4) is 0 Å². The first-order valence-corrected chi connectivity index (χ1v) is 6.52. The molecule has 0 atom stereocenters. The second kappa shape index (κ2) is 7.11. The molecule has 1 aliphatic heterocycles. The molecule has 0 aromatic heterocycles. The number of Topliss-reactive ketones (excluding diaryl/α,β-unsaturated/α-hetero) is 1. The van der Waals surface area contributed by atoms with E-state index >= 15 is 0 Å². The summed E-state index contributed by atoms with van der Waals surface area (Å²) >= 11 is 3.33. The van der Waals surface area contributed by atoms with Gasteiger partial charge in [-0.15, -0.1) is 13.2 Å². The normalized spacial score (nSPS) is 14.7. The molecule has 0 aliphatic carbocycles. The van der Waals surface area contributed by atoms with Crippen LogP contribution in [0, 0.1) is 0 Å². The minimum atomic E-state index is 0.0139. The summed E-state index contributed by atoms with van der Waals surface area (Å²) < 4.78 is 0.956. The smallest absolute Gasteiger partial charge is 0.253 e. The fourth-order valence-electron chi connectivity index (χ4n) is 1.73. The number of likely N-dealkylation sites (tertiary alicyclic amines) is 1. The Morgan fingerprint density at radius 2 is 1.61 bits per heavy atom. The van der Waals surface area contributed by atoms with E-state index in [4.69, 9.17) is 0 Å². The first-order valence-electron chi connectivity index (χ1n) is 5.73. The maximum atomic E-state index is 12.0. The van der Waals surface area contributed by atoms with Crippen LogP contribution in [-0.2, 0) is 4.79 Å². The van der Waals surface area contributed by atoms with E-state index in [-0.39, 0.29) is 11.7 Å². The molecule has 96 valence electrons. The standard InChI is InChI=1S/C12H12BrNO2.C2H4/c13-10-3-1-9(2-4-10)12(16)14-7-5-11(15)6-8-14;1-2/h1-4H,5-8H2;1-2H2. The number of nitrogens with zero attached hydrogens (tertiary/aromatic N) is 1. The van der Waals surface area contributed by atoms with E-state index in [0.717, 1.165) is 4.47 Å². The van der Waals surface area contributed by atoms with E-state index in [1.807, 2.05) is 12.1 Å². The molecule has 3 nitrogen and oxygen atoms in total. The van der Waals surface area contributed by atoms with Crippen molar-refractivity contribution in [2.24, 2.45) is 0 Å². The highest BCUT2D eigenvalue weighted by atomic mass is 79.9. The summed E-state index contributed by atoms with van der Waals surface area (Å²) in [5.74, 6) is 0.264. The van der Waals surface area contributed by atoms with Gasteiger partial charge >= 0.3 is 0 Å². The van der Waals surface area contributed by atoms with Crippen LogP contribution >= 0.6 is 15.9 Å². The molecule has 1 heterocycles. The highest BCUT2D eigenvalue weighted by Crippen LogP contribution is 2.14. The molecule has 1 aromatic carbocycles. The number of benzene rings is 1. The minimum absolute atomic E-state index is 0.0139. The van der Waals surface area contributed by atoms with Gasteiger partial charge in [-0.2, -0.15) is 0 Å². The van der Waals surface area contributed by atoms with Gasteiger partial charge in [0.2, 0.25) is 0 Å². The minimum Gasteiger partial charge on any atom is -0.338 e. The van der Waals surface area contributed by atoms with Crippen LogP contribution in [0.1, 0.15) is 23.2 Å². The SMILES string of the molecule is C=C.O=C1CCN(C(=O)c2ccc(Br)cc2)CC1. The molecule has 1 aromatic rings. The zero-order chi connectivity index (χ0) is 13.5. The molecule has 0 spiro atoms. The summed E-state index contributed by atoms with van der Waals surface area (Å²) in [6.07, 6.45) is 0.977. The number of hydrogen-bond acceptors (Lipinski definition) is 2. The number of halogens is 1. The summed E-state index contributed by atoms with van der Waals surface area (Å²) in [5, 5.41) is 0. The Morgan fingerprint density at radius 1 is 1.11 bits per heavy atom. The monoisotopic (exact) mass is 309 g/mol. The molecule has 4 heteroatoms. The summed E-state index contributed by atoms with van der Waals surface area (Å²) in [7, 11) is 0. The van der Waals surface area contributed by atoms with Crippen molar-refractivity contribution in [2.75, 3.05) is 13.1 Å². The van der Waals surface area contributed by atoms with Gasteiger partial charge in [-0.05, 0) is 24.3 Å². The molecule has 0 unspecified atom stereocenters. The number of ketones is 1. The lowest BCUT2D eigenvalue weighted by molar-refractivity contribution is -0.120. The molecule has 1 saturated heterocycles. The molecule has 0 N–H and O–H groups in total. The highest BCUT2D eigenvalue weighted by molar-refractivity contribution is 9.10. The molecule has 0 radical (unpaired) electrons. The van der Waals surface area contributed by atoms with Crippen LogP contribution in [0.4, 0.5) is 0 Å². The Morgan fingerprint density at radius 3 is 2.11 bits per heavy atom. The van der Waals surface area contributed by atoms with Crippen molar-refractivity contribution in [1.29, 1.82) is 0 Å². The molecular weight excluding hydrogens is 294 g/mol. The van der Waals surface area contributed by atoms with Crippen molar-refractivity contribution in [1.82, 2.24) is 4.90 Å². The highest BCUT2D eigenvalue weighted by Gasteiger charge is 2.21. The molecule has 1 aliphatic rings. The topological polar surface area (TPSA) is 37.4 Å². The maximum Gasteiger partial charge on any atom is 0.253 e. The molecule has 1 fully saturated rings. The van der Waals surface area contributed by atoms with Crippen LogP contribution in [0.15, 0.2) is 41.9 Å². The van der Waals surface area contributed by atoms with Crippen molar-refractivity contribution < 1.29 is 9.59 Å². The van der Waals surface area contributed by atoms with E-state index in [1.54, 1.807) is 17.0 Å². The summed E-state index contributed by atoms with van der Waals surface area (Å²) in [5.41, 5.74) is 0.678. The summed E-state index contributed by atoms with van der Waals surface area (Å²) in [6, 6.07) is 7.29. The number of hydrogen-bond donors (Lipinski definition) is 0. The van der Waals surface area contributed by atoms with Gasteiger partial charge in [0.15, 0.2) is 0 Å².